The number of rotatable bonds is 3. The van der Waals surface area contributed by atoms with Crippen molar-refractivity contribution in [2.75, 3.05) is 0 Å². The van der Waals surface area contributed by atoms with Gasteiger partial charge in [0.2, 0.25) is 5.43 Å². The maximum atomic E-state index is 11.2. The third-order valence-corrected chi connectivity index (χ3v) is 3.14. The predicted molar refractivity (Wildman–Crippen MR) is 71.6 cm³/mol. The molecular weight excluding hydrogens is 275 g/mol. The van der Waals surface area contributed by atoms with Gasteiger partial charge in [-0.15, -0.1) is 0 Å². The van der Waals surface area contributed by atoms with Crippen molar-refractivity contribution >= 4 is 23.2 Å². The van der Waals surface area contributed by atoms with Gasteiger partial charge in [0.15, 0.2) is 0 Å². The van der Waals surface area contributed by atoms with Crippen LogP contribution in [-0.4, -0.2) is 10.2 Å². The smallest absolute Gasteiger partial charge is 0.302 e. The number of hydrogen-bond acceptors (Lipinski definition) is 2. The first kappa shape index (κ1) is 12.9. The van der Waals surface area contributed by atoms with E-state index in [1.54, 1.807) is 18.2 Å². The highest BCUT2D eigenvalue weighted by Gasteiger charge is 2.03. The fourth-order valence-corrected chi connectivity index (χ4v) is 2.00. The zero-order valence-corrected chi connectivity index (χ0v) is 10.8. The van der Waals surface area contributed by atoms with E-state index in [0.29, 0.717) is 28.6 Å². The molecule has 4 nitrogen and oxygen atoms in total. The van der Waals surface area contributed by atoms with Crippen molar-refractivity contribution in [3.63, 3.8) is 0 Å². The minimum atomic E-state index is -0.653. The van der Waals surface area contributed by atoms with E-state index in [-0.39, 0.29) is 0 Å². The number of aromatic amines is 2. The van der Waals surface area contributed by atoms with E-state index in [0.717, 1.165) is 5.56 Å². The highest BCUT2D eigenvalue weighted by atomic mass is 35.5. The Kier molecular flexibility index (Phi) is 3.89. The fourth-order valence-electron chi connectivity index (χ4n) is 1.60. The number of halogens is 2. The lowest BCUT2D eigenvalue weighted by Crippen LogP contribution is -2.27. The zero-order chi connectivity index (χ0) is 13.1. The summed E-state index contributed by atoms with van der Waals surface area (Å²) in [7, 11) is 0. The van der Waals surface area contributed by atoms with Crippen molar-refractivity contribution in [3.8, 4) is 0 Å². The molecule has 0 saturated heterocycles. The van der Waals surface area contributed by atoms with Crippen LogP contribution in [0.4, 0.5) is 0 Å². The molecule has 2 aromatic rings. The maximum absolute atomic E-state index is 11.2. The molecule has 0 fully saturated rings. The molecule has 6 heteroatoms. The molecule has 0 aliphatic rings. The minimum Gasteiger partial charge on any atom is -0.302 e. The largest absolute Gasteiger partial charge is 0.310 e. The molecule has 1 aromatic carbocycles. The predicted octanol–water partition coefficient (Wildman–Crippen LogP) is 2.16. The summed E-state index contributed by atoms with van der Waals surface area (Å²) in [5.74, 6) is 0. The maximum Gasteiger partial charge on any atom is 0.310 e. The van der Waals surface area contributed by atoms with Gasteiger partial charge >= 0.3 is 5.56 Å². The van der Waals surface area contributed by atoms with E-state index in [4.69, 9.17) is 23.2 Å². The van der Waals surface area contributed by atoms with Crippen LogP contribution in [0.25, 0.3) is 0 Å². The van der Waals surface area contributed by atoms with Gasteiger partial charge in [-0.1, -0.05) is 23.2 Å². The molecule has 0 unspecified atom stereocenters. The summed E-state index contributed by atoms with van der Waals surface area (Å²) in [5.41, 5.74) is 0.340. The first-order chi connectivity index (χ1) is 8.56. The summed E-state index contributed by atoms with van der Waals surface area (Å²) in [6, 6.07) is 6.52. The van der Waals surface area contributed by atoms with Crippen LogP contribution in [0.5, 0.6) is 0 Å². The molecule has 0 amide bonds. The van der Waals surface area contributed by atoms with E-state index in [1.807, 2.05) is 0 Å². The van der Waals surface area contributed by atoms with Gasteiger partial charge in [0, 0.05) is 21.8 Å². The Morgan fingerprint density at radius 3 is 2.50 bits per heavy atom. The molecule has 0 bridgehead atoms. The zero-order valence-electron chi connectivity index (χ0n) is 9.30. The molecule has 2 rings (SSSR count). The van der Waals surface area contributed by atoms with E-state index < -0.39 is 11.0 Å². The second-order valence-electron chi connectivity index (χ2n) is 3.85. The number of aromatic nitrogens is 2. The molecule has 94 valence electrons. The summed E-state index contributed by atoms with van der Waals surface area (Å²) in [6.07, 6.45) is 1.19. The van der Waals surface area contributed by atoms with Crippen LogP contribution < -0.4 is 11.0 Å². The minimum absolute atomic E-state index is 0.555. The SMILES string of the molecule is O=c1cc(CCc2cc(Cl)ccc2Cl)[nH][nH]c1=O. The molecule has 2 N–H and O–H groups in total. The Bertz CT molecular complexity index is 676. The van der Waals surface area contributed by atoms with Gasteiger partial charge in [-0.2, -0.15) is 0 Å². The second-order valence-corrected chi connectivity index (χ2v) is 4.69. The van der Waals surface area contributed by atoms with Crippen LogP contribution >= 0.6 is 23.2 Å². The van der Waals surface area contributed by atoms with Crippen LogP contribution in [0.2, 0.25) is 10.0 Å². The van der Waals surface area contributed by atoms with Gasteiger partial charge in [0.25, 0.3) is 0 Å². The first-order valence-electron chi connectivity index (χ1n) is 5.31. The summed E-state index contributed by atoms with van der Waals surface area (Å²) < 4.78 is 0. The van der Waals surface area contributed by atoms with Crippen LogP contribution in [0, 0.1) is 0 Å². The molecule has 1 heterocycles. The van der Waals surface area contributed by atoms with Crippen molar-refractivity contribution in [2.45, 2.75) is 12.8 Å². The number of nitrogens with one attached hydrogen (secondary N) is 2. The Labute approximate surface area is 113 Å². The van der Waals surface area contributed by atoms with Gasteiger partial charge < -0.3 is 5.10 Å². The molecule has 0 radical (unpaired) electrons. The number of aryl methyl sites for hydroxylation is 2. The van der Waals surface area contributed by atoms with Crippen molar-refractivity contribution in [2.24, 2.45) is 0 Å². The third kappa shape index (κ3) is 3.03. The van der Waals surface area contributed by atoms with E-state index in [2.05, 4.69) is 10.2 Å². The number of H-pyrrole nitrogens is 2. The van der Waals surface area contributed by atoms with Crippen LogP contribution in [0.1, 0.15) is 11.3 Å². The normalized spacial score (nSPS) is 10.6. The highest BCUT2D eigenvalue weighted by molar-refractivity contribution is 6.33. The summed E-state index contributed by atoms with van der Waals surface area (Å²) in [6.45, 7) is 0. The topological polar surface area (TPSA) is 65.7 Å². The van der Waals surface area contributed by atoms with E-state index >= 15 is 0 Å². The molecule has 18 heavy (non-hydrogen) atoms. The monoisotopic (exact) mass is 284 g/mol. The van der Waals surface area contributed by atoms with E-state index in [1.165, 1.54) is 6.07 Å². The van der Waals surface area contributed by atoms with Crippen LogP contribution in [-0.2, 0) is 12.8 Å². The second kappa shape index (κ2) is 5.42. The molecule has 0 aliphatic heterocycles. The van der Waals surface area contributed by atoms with Gasteiger partial charge in [-0.25, -0.2) is 0 Å². The van der Waals surface area contributed by atoms with Gasteiger partial charge in [-0.05, 0) is 36.6 Å². The summed E-state index contributed by atoms with van der Waals surface area (Å²) in [4.78, 5) is 22.1. The quantitative estimate of drug-likeness (QED) is 0.849. The lowest BCUT2D eigenvalue weighted by atomic mass is 10.1. The van der Waals surface area contributed by atoms with Gasteiger partial charge in [0.1, 0.15) is 0 Å². The molecule has 0 spiro atoms. The molecule has 0 saturated carbocycles. The average molecular weight is 285 g/mol. The third-order valence-electron chi connectivity index (χ3n) is 2.54. The van der Waals surface area contributed by atoms with Gasteiger partial charge in [0.05, 0.1) is 0 Å². The summed E-state index contributed by atoms with van der Waals surface area (Å²) in [5, 5.41) is 6.19. The lowest BCUT2D eigenvalue weighted by molar-refractivity contribution is 0.838. The molecule has 1 aromatic heterocycles. The van der Waals surface area contributed by atoms with Crippen molar-refractivity contribution in [1.82, 2.24) is 10.2 Å². The van der Waals surface area contributed by atoms with Crippen LogP contribution in [0.3, 0.4) is 0 Å². The van der Waals surface area contributed by atoms with E-state index in [9.17, 15) is 9.59 Å². The van der Waals surface area contributed by atoms with Crippen LogP contribution in [0.15, 0.2) is 33.9 Å². The lowest BCUT2D eigenvalue weighted by Gasteiger charge is -2.04. The summed E-state index contributed by atoms with van der Waals surface area (Å²) >= 11 is 11.9. The number of hydrogen-bond donors (Lipinski definition) is 2. The standard InChI is InChI=1S/C12H10Cl2N2O2/c13-8-2-4-10(14)7(5-8)1-3-9-6-11(17)12(18)16-15-9/h2,4-6H,1,3H2,(H,15,17)(H,16,18). The van der Waals surface area contributed by atoms with Gasteiger partial charge in [-0.3, -0.25) is 14.7 Å². The Morgan fingerprint density at radius 2 is 1.78 bits per heavy atom. The molecule has 0 atom stereocenters. The van der Waals surface area contributed by atoms with Crippen molar-refractivity contribution < 1.29 is 0 Å². The highest BCUT2D eigenvalue weighted by Crippen LogP contribution is 2.21. The Balaban J connectivity index is 2.16. The fraction of sp³-hybridized carbons (Fsp3) is 0.167. The average Bonchev–Trinajstić information content (AvgIpc) is 2.34. The Morgan fingerprint density at radius 1 is 1.00 bits per heavy atom. The number of benzene rings is 1. The molecular formula is C12H10Cl2N2O2. The van der Waals surface area contributed by atoms with Crippen molar-refractivity contribution in [3.05, 3.63) is 66.1 Å². The first-order valence-corrected chi connectivity index (χ1v) is 6.06. The Hall–Kier alpha value is -1.52. The van der Waals surface area contributed by atoms with Crippen molar-refractivity contribution in [1.29, 1.82) is 0 Å². The molecule has 0 aliphatic carbocycles.